The Bertz CT molecular complexity index is 543. The molecule has 0 unspecified atom stereocenters. The first-order valence-electron chi connectivity index (χ1n) is 7.11. The molecule has 2 rings (SSSR count). The van der Waals surface area contributed by atoms with Gasteiger partial charge in [-0.05, 0) is 30.2 Å². The van der Waals surface area contributed by atoms with E-state index >= 15 is 0 Å². The van der Waals surface area contributed by atoms with Crippen LogP contribution in [0.5, 0.6) is 0 Å². The van der Waals surface area contributed by atoms with Gasteiger partial charge in [-0.1, -0.05) is 44.5 Å². The molecule has 0 atom stereocenters. The standard InChI is InChI=1S/C16H22ClN3/c1-4-18-9-14-10-19-20(16(14)12(2)3)11-13-5-7-15(17)8-6-13/h5-8,10,12,18H,4,9,11H2,1-3H3. The van der Waals surface area contributed by atoms with Crippen molar-refractivity contribution in [2.45, 2.75) is 39.8 Å². The molecule has 20 heavy (non-hydrogen) atoms. The molecule has 108 valence electrons. The maximum Gasteiger partial charge on any atom is 0.0662 e. The van der Waals surface area contributed by atoms with Gasteiger partial charge in [-0.2, -0.15) is 5.10 Å². The molecule has 0 bridgehead atoms. The molecular weight excluding hydrogens is 270 g/mol. The van der Waals surface area contributed by atoms with Crippen molar-refractivity contribution in [3.63, 3.8) is 0 Å². The van der Waals surface area contributed by atoms with Crippen LogP contribution in [0, 0.1) is 0 Å². The van der Waals surface area contributed by atoms with E-state index in [9.17, 15) is 0 Å². The fourth-order valence-electron chi connectivity index (χ4n) is 2.39. The Morgan fingerprint density at radius 2 is 1.95 bits per heavy atom. The van der Waals surface area contributed by atoms with Gasteiger partial charge in [-0.3, -0.25) is 4.68 Å². The van der Waals surface area contributed by atoms with E-state index in [1.54, 1.807) is 0 Å². The van der Waals surface area contributed by atoms with Crippen molar-refractivity contribution >= 4 is 11.6 Å². The first-order chi connectivity index (χ1) is 9.61. The van der Waals surface area contributed by atoms with Gasteiger partial charge in [-0.15, -0.1) is 0 Å². The summed E-state index contributed by atoms with van der Waals surface area (Å²) in [5.74, 6) is 0.457. The van der Waals surface area contributed by atoms with E-state index in [0.717, 1.165) is 24.7 Å². The Morgan fingerprint density at radius 3 is 2.55 bits per heavy atom. The third-order valence-electron chi connectivity index (χ3n) is 3.32. The number of hydrogen-bond acceptors (Lipinski definition) is 2. The van der Waals surface area contributed by atoms with E-state index in [1.165, 1.54) is 16.8 Å². The first kappa shape index (κ1) is 15.1. The van der Waals surface area contributed by atoms with E-state index in [0.29, 0.717) is 5.92 Å². The molecule has 1 aromatic carbocycles. The van der Waals surface area contributed by atoms with E-state index in [1.807, 2.05) is 18.3 Å². The summed E-state index contributed by atoms with van der Waals surface area (Å²) in [4.78, 5) is 0. The second-order valence-corrected chi connectivity index (χ2v) is 5.71. The average Bonchev–Trinajstić information content (AvgIpc) is 2.82. The molecular formula is C16H22ClN3. The van der Waals surface area contributed by atoms with Crippen molar-refractivity contribution in [3.8, 4) is 0 Å². The number of rotatable bonds is 6. The Kier molecular flexibility index (Phi) is 5.21. The van der Waals surface area contributed by atoms with Crippen molar-refractivity contribution in [1.82, 2.24) is 15.1 Å². The van der Waals surface area contributed by atoms with Gasteiger partial charge in [-0.25, -0.2) is 0 Å². The second-order valence-electron chi connectivity index (χ2n) is 5.27. The fraction of sp³-hybridized carbons (Fsp3) is 0.438. The predicted octanol–water partition coefficient (Wildman–Crippen LogP) is 3.82. The van der Waals surface area contributed by atoms with Crippen LogP contribution in [0.3, 0.4) is 0 Å². The minimum absolute atomic E-state index is 0.457. The summed E-state index contributed by atoms with van der Waals surface area (Å²) in [5, 5.41) is 8.69. The highest BCUT2D eigenvalue weighted by molar-refractivity contribution is 6.30. The minimum Gasteiger partial charge on any atom is -0.313 e. The van der Waals surface area contributed by atoms with E-state index in [4.69, 9.17) is 11.6 Å². The van der Waals surface area contributed by atoms with Crippen LogP contribution in [0.1, 0.15) is 43.5 Å². The van der Waals surface area contributed by atoms with Crippen LogP contribution in [0.4, 0.5) is 0 Å². The summed E-state index contributed by atoms with van der Waals surface area (Å²) >= 11 is 5.93. The van der Waals surface area contributed by atoms with Crippen LogP contribution in [0.15, 0.2) is 30.5 Å². The topological polar surface area (TPSA) is 29.9 Å². The summed E-state index contributed by atoms with van der Waals surface area (Å²) in [6.45, 7) is 9.18. The van der Waals surface area contributed by atoms with Crippen LogP contribution in [0.25, 0.3) is 0 Å². The third-order valence-corrected chi connectivity index (χ3v) is 3.57. The quantitative estimate of drug-likeness (QED) is 0.877. The molecule has 1 heterocycles. The zero-order valence-corrected chi connectivity index (χ0v) is 13.1. The SMILES string of the molecule is CCNCc1cnn(Cc2ccc(Cl)cc2)c1C(C)C. The number of halogens is 1. The maximum absolute atomic E-state index is 5.93. The maximum atomic E-state index is 5.93. The summed E-state index contributed by atoms with van der Waals surface area (Å²) in [6.07, 6.45) is 1.98. The highest BCUT2D eigenvalue weighted by Gasteiger charge is 2.14. The first-order valence-corrected chi connectivity index (χ1v) is 7.49. The number of hydrogen-bond donors (Lipinski definition) is 1. The molecule has 4 heteroatoms. The smallest absolute Gasteiger partial charge is 0.0662 e. The molecule has 0 amide bonds. The molecule has 0 fully saturated rings. The van der Waals surface area contributed by atoms with Crippen molar-refractivity contribution in [3.05, 3.63) is 52.3 Å². The molecule has 0 radical (unpaired) electrons. The van der Waals surface area contributed by atoms with Crippen LogP contribution in [-0.4, -0.2) is 16.3 Å². The Labute approximate surface area is 126 Å². The largest absolute Gasteiger partial charge is 0.313 e. The van der Waals surface area contributed by atoms with E-state index in [-0.39, 0.29) is 0 Å². The van der Waals surface area contributed by atoms with Gasteiger partial charge in [0.05, 0.1) is 12.7 Å². The Balaban J connectivity index is 2.22. The summed E-state index contributed by atoms with van der Waals surface area (Å²) in [7, 11) is 0. The van der Waals surface area contributed by atoms with Gasteiger partial charge in [0.1, 0.15) is 0 Å². The van der Waals surface area contributed by atoms with Gasteiger partial charge >= 0.3 is 0 Å². The van der Waals surface area contributed by atoms with Gasteiger partial charge in [0.2, 0.25) is 0 Å². The molecule has 1 N–H and O–H groups in total. The minimum atomic E-state index is 0.457. The number of nitrogens with one attached hydrogen (secondary N) is 1. The molecule has 0 aliphatic carbocycles. The van der Waals surface area contributed by atoms with Crippen LogP contribution < -0.4 is 5.32 Å². The highest BCUT2D eigenvalue weighted by Crippen LogP contribution is 2.21. The molecule has 0 saturated carbocycles. The Hall–Kier alpha value is -1.32. The summed E-state index contributed by atoms with van der Waals surface area (Å²) in [6, 6.07) is 7.96. The fourth-order valence-corrected chi connectivity index (χ4v) is 2.51. The van der Waals surface area contributed by atoms with E-state index in [2.05, 4.69) is 48.0 Å². The summed E-state index contributed by atoms with van der Waals surface area (Å²) < 4.78 is 2.10. The van der Waals surface area contributed by atoms with Crippen molar-refractivity contribution in [1.29, 1.82) is 0 Å². The highest BCUT2D eigenvalue weighted by atomic mass is 35.5. The molecule has 0 aliphatic heterocycles. The normalized spacial score (nSPS) is 11.2. The van der Waals surface area contributed by atoms with Gasteiger partial charge in [0, 0.05) is 22.8 Å². The van der Waals surface area contributed by atoms with Gasteiger partial charge in [0.15, 0.2) is 0 Å². The van der Waals surface area contributed by atoms with Crippen LogP contribution in [-0.2, 0) is 13.1 Å². The van der Waals surface area contributed by atoms with Gasteiger partial charge < -0.3 is 5.32 Å². The summed E-state index contributed by atoms with van der Waals surface area (Å²) in [5.41, 5.74) is 3.81. The lowest BCUT2D eigenvalue weighted by atomic mass is 10.1. The number of aromatic nitrogens is 2. The lowest BCUT2D eigenvalue weighted by Crippen LogP contribution is -2.15. The van der Waals surface area contributed by atoms with E-state index < -0.39 is 0 Å². The monoisotopic (exact) mass is 291 g/mol. The molecule has 3 nitrogen and oxygen atoms in total. The third kappa shape index (κ3) is 3.62. The lowest BCUT2D eigenvalue weighted by molar-refractivity contribution is 0.609. The average molecular weight is 292 g/mol. The van der Waals surface area contributed by atoms with Crippen molar-refractivity contribution in [2.24, 2.45) is 0 Å². The molecule has 0 saturated heterocycles. The number of nitrogens with zero attached hydrogens (tertiary/aromatic N) is 2. The zero-order valence-electron chi connectivity index (χ0n) is 12.4. The Morgan fingerprint density at radius 1 is 1.25 bits per heavy atom. The lowest BCUT2D eigenvalue weighted by Gasteiger charge is -2.13. The molecule has 1 aromatic heterocycles. The zero-order chi connectivity index (χ0) is 14.5. The second kappa shape index (κ2) is 6.91. The molecule has 2 aromatic rings. The van der Waals surface area contributed by atoms with Crippen molar-refractivity contribution in [2.75, 3.05) is 6.54 Å². The molecule has 0 spiro atoms. The van der Waals surface area contributed by atoms with Gasteiger partial charge in [0.25, 0.3) is 0 Å². The van der Waals surface area contributed by atoms with Crippen LogP contribution in [0.2, 0.25) is 5.02 Å². The molecule has 0 aliphatic rings. The predicted molar refractivity (Wildman–Crippen MR) is 84.3 cm³/mol. The van der Waals surface area contributed by atoms with Crippen LogP contribution >= 0.6 is 11.6 Å². The van der Waals surface area contributed by atoms with Crippen molar-refractivity contribution < 1.29 is 0 Å². The number of benzene rings is 1.